The van der Waals surface area contributed by atoms with Gasteiger partial charge in [-0.15, -0.1) is 0 Å². The van der Waals surface area contributed by atoms with Crippen LogP contribution in [0.4, 0.5) is 0 Å². The second-order valence-corrected chi connectivity index (χ2v) is 7.04. The van der Waals surface area contributed by atoms with E-state index >= 15 is 0 Å². The van der Waals surface area contributed by atoms with Crippen LogP contribution < -0.4 is 5.32 Å². The third kappa shape index (κ3) is 4.34. The van der Waals surface area contributed by atoms with Crippen LogP contribution in [0.2, 0.25) is 0 Å². The topological polar surface area (TPSA) is 49.4 Å². The molecule has 0 spiro atoms. The number of benzene rings is 1. The molecule has 1 aliphatic rings. The van der Waals surface area contributed by atoms with Crippen LogP contribution in [0.1, 0.15) is 49.5 Å². The smallest absolute Gasteiger partial charge is 0.252 e. The molecule has 2 amide bonds. The first-order chi connectivity index (χ1) is 10.9. The number of hydrogen-bond acceptors (Lipinski definition) is 2. The lowest BCUT2D eigenvalue weighted by molar-refractivity contribution is -0.136. The quantitative estimate of drug-likeness (QED) is 0.928. The second kappa shape index (κ2) is 7.62. The summed E-state index contributed by atoms with van der Waals surface area (Å²) < 4.78 is 0. The average molecular weight is 316 g/mol. The summed E-state index contributed by atoms with van der Waals surface area (Å²) in [4.78, 5) is 27.3. The minimum Gasteiger partial charge on any atom is -0.341 e. The fraction of sp³-hybridized carbons (Fsp3) is 0.579. The predicted molar refractivity (Wildman–Crippen MR) is 92.2 cm³/mol. The lowest BCUT2D eigenvalue weighted by Crippen LogP contribution is -2.53. The first-order valence-corrected chi connectivity index (χ1v) is 8.55. The van der Waals surface area contributed by atoms with Crippen molar-refractivity contribution in [1.82, 2.24) is 10.2 Å². The number of nitrogens with one attached hydrogen (secondary N) is 1. The lowest BCUT2D eigenvalue weighted by Gasteiger charge is -2.35. The molecule has 0 aliphatic carbocycles. The number of amides is 2. The van der Waals surface area contributed by atoms with E-state index in [4.69, 9.17) is 0 Å². The van der Waals surface area contributed by atoms with Gasteiger partial charge >= 0.3 is 0 Å². The van der Waals surface area contributed by atoms with Crippen molar-refractivity contribution in [2.24, 2.45) is 11.8 Å². The number of nitrogens with zero attached hydrogens (tertiary/aromatic N) is 1. The van der Waals surface area contributed by atoms with E-state index in [1.54, 1.807) is 6.07 Å². The molecule has 4 heteroatoms. The molecule has 1 aromatic rings. The van der Waals surface area contributed by atoms with Gasteiger partial charge in [-0.2, -0.15) is 0 Å². The fourth-order valence-electron chi connectivity index (χ4n) is 3.15. The fourth-order valence-corrected chi connectivity index (χ4v) is 3.15. The zero-order valence-electron chi connectivity index (χ0n) is 14.6. The summed E-state index contributed by atoms with van der Waals surface area (Å²) in [5.74, 6) is 0.481. The van der Waals surface area contributed by atoms with E-state index in [0.29, 0.717) is 11.5 Å². The molecule has 0 radical (unpaired) electrons. The van der Waals surface area contributed by atoms with Crippen LogP contribution >= 0.6 is 0 Å². The third-order valence-electron chi connectivity index (χ3n) is 4.58. The Morgan fingerprint density at radius 3 is 2.57 bits per heavy atom. The van der Waals surface area contributed by atoms with Crippen LogP contribution in [0.3, 0.4) is 0 Å². The molecule has 0 saturated carbocycles. The molecule has 1 aromatic carbocycles. The number of carbonyl (C=O) groups is 2. The van der Waals surface area contributed by atoms with Crippen LogP contribution in [0, 0.1) is 18.8 Å². The SMILES string of the molecule is Cc1ccccc1C(=O)NC(C(=O)N1CCCC(C)C1)C(C)C. The number of aryl methyl sites for hydroxylation is 1. The van der Waals surface area contributed by atoms with E-state index in [1.165, 1.54) is 6.42 Å². The van der Waals surface area contributed by atoms with Crippen molar-refractivity contribution >= 4 is 11.8 Å². The highest BCUT2D eigenvalue weighted by molar-refractivity contribution is 5.98. The van der Waals surface area contributed by atoms with E-state index in [-0.39, 0.29) is 17.7 Å². The molecule has 1 saturated heterocycles. The molecule has 2 unspecified atom stereocenters. The molecule has 1 aliphatic heterocycles. The lowest BCUT2D eigenvalue weighted by atomic mass is 9.96. The van der Waals surface area contributed by atoms with Crippen molar-refractivity contribution in [3.63, 3.8) is 0 Å². The Bertz CT molecular complexity index is 568. The normalized spacial score (nSPS) is 19.5. The van der Waals surface area contributed by atoms with Crippen molar-refractivity contribution in [2.75, 3.05) is 13.1 Å². The van der Waals surface area contributed by atoms with Gasteiger partial charge in [0, 0.05) is 18.7 Å². The largest absolute Gasteiger partial charge is 0.341 e. The molecule has 2 atom stereocenters. The van der Waals surface area contributed by atoms with Crippen molar-refractivity contribution in [2.45, 2.75) is 46.6 Å². The minimum absolute atomic E-state index is 0.0495. The molecular weight excluding hydrogens is 288 g/mol. The highest BCUT2D eigenvalue weighted by atomic mass is 16.2. The summed E-state index contributed by atoms with van der Waals surface area (Å²) in [6, 6.07) is 7.00. The Balaban J connectivity index is 2.11. The molecule has 23 heavy (non-hydrogen) atoms. The molecular formula is C19H28N2O2. The molecule has 1 fully saturated rings. The molecule has 0 bridgehead atoms. The third-order valence-corrected chi connectivity index (χ3v) is 4.58. The van der Waals surface area contributed by atoms with E-state index in [0.717, 1.165) is 25.1 Å². The maximum absolute atomic E-state index is 12.8. The number of likely N-dealkylation sites (tertiary alicyclic amines) is 1. The summed E-state index contributed by atoms with van der Waals surface area (Å²) in [6.07, 6.45) is 2.22. The highest BCUT2D eigenvalue weighted by Gasteiger charge is 2.31. The zero-order chi connectivity index (χ0) is 17.0. The number of rotatable bonds is 4. The summed E-state index contributed by atoms with van der Waals surface area (Å²) in [6.45, 7) is 9.64. The van der Waals surface area contributed by atoms with Gasteiger partial charge in [0.15, 0.2) is 0 Å². The van der Waals surface area contributed by atoms with Crippen molar-refractivity contribution in [3.05, 3.63) is 35.4 Å². The van der Waals surface area contributed by atoms with E-state index in [9.17, 15) is 9.59 Å². The summed E-state index contributed by atoms with van der Waals surface area (Å²) in [5, 5.41) is 2.96. The second-order valence-electron chi connectivity index (χ2n) is 7.04. The van der Waals surface area contributed by atoms with Crippen molar-refractivity contribution < 1.29 is 9.59 Å². The Morgan fingerprint density at radius 2 is 1.96 bits per heavy atom. The van der Waals surface area contributed by atoms with Crippen LogP contribution in [-0.2, 0) is 4.79 Å². The maximum Gasteiger partial charge on any atom is 0.252 e. The van der Waals surface area contributed by atoms with Gasteiger partial charge in [-0.1, -0.05) is 39.0 Å². The summed E-state index contributed by atoms with van der Waals surface area (Å²) in [5.41, 5.74) is 1.56. The van der Waals surface area contributed by atoms with Gasteiger partial charge in [0.25, 0.3) is 5.91 Å². The first-order valence-electron chi connectivity index (χ1n) is 8.55. The summed E-state index contributed by atoms with van der Waals surface area (Å²) >= 11 is 0. The van der Waals surface area contributed by atoms with Gasteiger partial charge in [0.05, 0.1) is 0 Å². The zero-order valence-corrected chi connectivity index (χ0v) is 14.6. The van der Waals surface area contributed by atoms with Crippen molar-refractivity contribution in [3.8, 4) is 0 Å². The number of hydrogen-bond donors (Lipinski definition) is 1. The molecule has 126 valence electrons. The Morgan fingerprint density at radius 1 is 1.26 bits per heavy atom. The molecule has 2 rings (SSSR count). The molecule has 1 heterocycles. The predicted octanol–water partition coefficient (Wildman–Crippen LogP) is 3.01. The van der Waals surface area contributed by atoms with E-state index in [1.807, 2.05) is 43.9 Å². The van der Waals surface area contributed by atoms with Crippen LogP contribution in [0.25, 0.3) is 0 Å². The van der Waals surface area contributed by atoms with Crippen LogP contribution in [-0.4, -0.2) is 35.8 Å². The number of carbonyl (C=O) groups excluding carboxylic acids is 2. The number of piperidine rings is 1. The monoisotopic (exact) mass is 316 g/mol. The minimum atomic E-state index is -0.465. The van der Waals surface area contributed by atoms with Gasteiger partial charge in [0.2, 0.25) is 5.91 Å². The Hall–Kier alpha value is -1.84. The Kier molecular flexibility index (Phi) is 5.80. The summed E-state index contributed by atoms with van der Waals surface area (Å²) in [7, 11) is 0. The standard InChI is InChI=1S/C19H28N2O2/c1-13(2)17(19(23)21-11-7-8-14(3)12-21)20-18(22)16-10-6-5-9-15(16)4/h5-6,9-10,13-14,17H,7-8,11-12H2,1-4H3,(H,20,22). The van der Waals surface area contributed by atoms with Gasteiger partial charge in [-0.25, -0.2) is 0 Å². The molecule has 0 aromatic heterocycles. The first kappa shape index (κ1) is 17.5. The average Bonchev–Trinajstić information content (AvgIpc) is 2.52. The van der Waals surface area contributed by atoms with Gasteiger partial charge in [0.1, 0.15) is 6.04 Å². The van der Waals surface area contributed by atoms with Gasteiger partial charge < -0.3 is 10.2 Å². The Labute approximate surface area is 139 Å². The van der Waals surface area contributed by atoms with E-state index < -0.39 is 6.04 Å². The molecule has 4 nitrogen and oxygen atoms in total. The molecule has 1 N–H and O–H groups in total. The van der Waals surface area contributed by atoms with Crippen LogP contribution in [0.15, 0.2) is 24.3 Å². The highest BCUT2D eigenvalue weighted by Crippen LogP contribution is 2.18. The van der Waals surface area contributed by atoms with Gasteiger partial charge in [-0.05, 0) is 43.2 Å². The van der Waals surface area contributed by atoms with E-state index in [2.05, 4.69) is 12.2 Å². The maximum atomic E-state index is 12.8. The van der Waals surface area contributed by atoms with Crippen molar-refractivity contribution in [1.29, 1.82) is 0 Å². The van der Waals surface area contributed by atoms with Crippen LogP contribution in [0.5, 0.6) is 0 Å². The van der Waals surface area contributed by atoms with Gasteiger partial charge in [-0.3, -0.25) is 9.59 Å².